The molecule has 1 amide bonds. The Morgan fingerprint density at radius 1 is 1.08 bits per heavy atom. The van der Waals surface area contributed by atoms with Gasteiger partial charge in [-0.2, -0.15) is 0 Å². The molecular formula is C20H23FN2O3. The van der Waals surface area contributed by atoms with Gasteiger partial charge >= 0.3 is 5.97 Å². The van der Waals surface area contributed by atoms with Gasteiger partial charge in [0.1, 0.15) is 5.82 Å². The van der Waals surface area contributed by atoms with Crippen molar-refractivity contribution in [3.8, 4) is 0 Å². The maximum Gasteiger partial charge on any atom is 0.339 e. The van der Waals surface area contributed by atoms with Gasteiger partial charge in [0, 0.05) is 6.04 Å². The minimum Gasteiger partial charge on any atom is -0.465 e. The van der Waals surface area contributed by atoms with E-state index in [4.69, 9.17) is 4.74 Å². The summed E-state index contributed by atoms with van der Waals surface area (Å²) in [7, 11) is 1.29. The standard InChI is InChI=1S/C20H23FN2O3/c1-13(2)19(14-8-10-15(21)11-9-14)22-12-18(24)23-17-7-5-4-6-16(17)20(25)26-3/h4-11,13,19,22H,12H2,1-3H3,(H,23,24)/t19-/m1/s1. The molecule has 0 aromatic heterocycles. The Balaban J connectivity index is 2.03. The first-order valence-electron chi connectivity index (χ1n) is 8.38. The molecule has 0 radical (unpaired) electrons. The first-order chi connectivity index (χ1) is 12.4. The zero-order chi connectivity index (χ0) is 19.1. The SMILES string of the molecule is COC(=O)c1ccccc1NC(=O)CN[C@@H](c1ccc(F)cc1)C(C)C. The molecule has 26 heavy (non-hydrogen) atoms. The average Bonchev–Trinajstić information content (AvgIpc) is 2.63. The molecule has 0 bridgehead atoms. The number of para-hydroxylation sites is 1. The number of carbonyl (C=O) groups excluding carboxylic acids is 2. The van der Waals surface area contributed by atoms with E-state index in [1.165, 1.54) is 19.2 Å². The van der Waals surface area contributed by atoms with Crippen LogP contribution in [-0.2, 0) is 9.53 Å². The molecule has 0 heterocycles. The number of hydrogen-bond acceptors (Lipinski definition) is 4. The van der Waals surface area contributed by atoms with Gasteiger partial charge in [0.25, 0.3) is 0 Å². The molecular weight excluding hydrogens is 335 g/mol. The van der Waals surface area contributed by atoms with Gasteiger partial charge < -0.3 is 15.4 Å². The summed E-state index contributed by atoms with van der Waals surface area (Å²) in [5.74, 6) is -0.890. The van der Waals surface area contributed by atoms with E-state index in [0.29, 0.717) is 11.3 Å². The molecule has 0 spiro atoms. The Kier molecular flexibility index (Phi) is 6.86. The highest BCUT2D eigenvalue weighted by Crippen LogP contribution is 2.22. The Hall–Kier alpha value is -2.73. The van der Waals surface area contributed by atoms with Crippen LogP contribution in [0.4, 0.5) is 10.1 Å². The number of anilines is 1. The lowest BCUT2D eigenvalue weighted by Gasteiger charge is -2.23. The van der Waals surface area contributed by atoms with E-state index in [1.54, 1.807) is 36.4 Å². The van der Waals surface area contributed by atoms with Crippen molar-refractivity contribution in [1.29, 1.82) is 0 Å². The molecule has 6 heteroatoms. The van der Waals surface area contributed by atoms with Gasteiger partial charge in [-0.25, -0.2) is 9.18 Å². The zero-order valence-electron chi connectivity index (χ0n) is 15.1. The summed E-state index contributed by atoms with van der Waals surface area (Å²) in [6, 6.07) is 12.8. The molecule has 2 N–H and O–H groups in total. The van der Waals surface area contributed by atoms with Gasteiger partial charge in [-0.3, -0.25) is 4.79 Å². The van der Waals surface area contributed by atoms with E-state index in [0.717, 1.165) is 5.56 Å². The highest BCUT2D eigenvalue weighted by Gasteiger charge is 2.18. The lowest BCUT2D eigenvalue weighted by molar-refractivity contribution is -0.115. The molecule has 1 atom stereocenters. The molecule has 0 saturated heterocycles. The number of amides is 1. The molecule has 2 aromatic carbocycles. The molecule has 5 nitrogen and oxygen atoms in total. The minimum atomic E-state index is -0.514. The van der Waals surface area contributed by atoms with Crippen molar-refractivity contribution in [3.05, 3.63) is 65.5 Å². The van der Waals surface area contributed by atoms with Crippen LogP contribution in [0.15, 0.2) is 48.5 Å². The van der Waals surface area contributed by atoms with Crippen LogP contribution in [-0.4, -0.2) is 25.5 Å². The van der Waals surface area contributed by atoms with E-state index in [9.17, 15) is 14.0 Å². The Labute approximate surface area is 152 Å². The minimum absolute atomic E-state index is 0.0513. The van der Waals surface area contributed by atoms with E-state index in [1.807, 2.05) is 13.8 Å². The largest absolute Gasteiger partial charge is 0.465 e. The van der Waals surface area contributed by atoms with E-state index in [2.05, 4.69) is 10.6 Å². The smallest absolute Gasteiger partial charge is 0.339 e. The number of benzene rings is 2. The number of halogens is 1. The summed E-state index contributed by atoms with van der Waals surface area (Å²) >= 11 is 0. The molecule has 0 unspecified atom stereocenters. The maximum absolute atomic E-state index is 13.1. The molecule has 0 aliphatic carbocycles. The molecule has 138 valence electrons. The van der Waals surface area contributed by atoms with Crippen molar-refractivity contribution in [2.24, 2.45) is 5.92 Å². The lowest BCUT2D eigenvalue weighted by Crippen LogP contribution is -2.34. The fraction of sp³-hybridized carbons (Fsp3) is 0.300. The van der Waals surface area contributed by atoms with E-state index in [-0.39, 0.29) is 30.2 Å². The summed E-state index contributed by atoms with van der Waals surface area (Å²) in [6.07, 6.45) is 0. The second-order valence-electron chi connectivity index (χ2n) is 6.24. The van der Waals surface area contributed by atoms with Crippen molar-refractivity contribution >= 4 is 17.6 Å². The summed E-state index contributed by atoms with van der Waals surface area (Å²) in [5.41, 5.74) is 1.60. The number of methoxy groups -OCH3 is 1. The number of hydrogen-bond donors (Lipinski definition) is 2. The number of esters is 1. The van der Waals surface area contributed by atoms with Crippen LogP contribution >= 0.6 is 0 Å². The van der Waals surface area contributed by atoms with Crippen molar-refractivity contribution in [1.82, 2.24) is 5.32 Å². The second-order valence-corrected chi connectivity index (χ2v) is 6.24. The third-order valence-corrected chi connectivity index (χ3v) is 3.98. The Bertz CT molecular complexity index is 760. The van der Waals surface area contributed by atoms with Crippen LogP contribution in [0.5, 0.6) is 0 Å². The van der Waals surface area contributed by atoms with Crippen molar-refractivity contribution in [3.63, 3.8) is 0 Å². The number of ether oxygens (including phenoxy) is 1. The van der Waals surface area contributed by atoms with Crippen molar-refractivity contribution in [2.75, 3.05) is 19.0 Å². The fourth-order valence-electron chi connectivity index (χ4n) is 2.69. The summed E-state index contributed by atoms with van der Waals surface area (Å²) in [5, 5.41) is 5.91. The highest BCUT2D eigenvalue weighted by atomic mass is 19.1. The van der Waals surface area contributed by atoms with Crippen LogP contribution in [0.2, 0.25) is 0 Å². The summed E-state index contributed by atoms with van der Waals surface area (Å²) in [6.45, 7) is 4.09. The van der Waals surface area contributed by atoms with Crippen LogP contribution in [0.1, 0.15) is 35.8 Å². The van der Waals surface area contributed by atoms with Gasteiger partial charge in [0.05, 0.1) is 24.9 Å². The number of rotatable bonds is 7. The van der Waals surface area contributed by atoms with Gasteiger partial charge in [-0.1, -0.05) is 38.1 Å². The Morgan fingerprint density at radius 3 is 2.35 bits per heavy atom. The van der Waals surface area contributed by atoms with Gasteiger partial charge in [0.15, 0.2) is 0 Å². The molecule has 2 aromatic rings. The second kappa shape index (κ2) is 9.10. The number of nitrogens with one attached hydrogen (secondary N) is 2. The van der Waals surface area contributed by atoms with Crippen LogP contribution in [0, 0.1) is 11.7 Å². The first kappa shape index (κ1) is 19.6. The van der Waals surface area contributed by atoms with Gasteiger partial charge in [0.2, 0.25) is 5.91 Å². The molecule has 0 aliphatic heterocycles. The van der Waals surface area contributed by atoms with Crippen LogP contribution in [0.3, 0.4) is 0 Å². The molecule has 0 aliphatic rings. The third kappa shape index (κ3) is 5.13. The van der Waals surface area contributed by atoms with Gasteiger partial charge in [-0.15, -0.1) is 0 Å². The van der Waals surface area contributed by atoms with Crippen LogP contribution in [0.25, 0.3) is 0 Å². The number of carbonyl (C=O) groups is 2. The normalized spacial score (nSPS) is 11.9. The molecule has 0 saturated carbocycles. The monoisotopic (exact) mass is 358 g/mol. The Morgan fingerprint density at radius 2 is 1.73 bits per heavy atom. The average molecular weight is 358 g/mol. The van der Waals surface area contributed by atoms with Gasteiger partial charge in [-0.05, 0) is 35.7 Å². The fourth-order valence-corrected chi connectivity index (χ4v) is 2.69. The summed E-state index contributed by atoms with van der Waals surface area (Å²) in [4.78, 5) is 24.1. The van der Waals surface area contributed by atoms with Crippen molar-refractivity contribution in [2.45, 2.75) is 19.9 Å². The van der Waals surface area contributed by atoms with E-state index < -0.39 is 5.97 Å². The highest BCUT2D eigenvalue weighted by molar-refractivity contribution is 6.01. The van der Waals surface area contributed by atoms with E-state index >= 15 is 0 Å². The lowest BCUT2D eigenvalue weighted by atomic mass is 9.96. The van der Waals surface area contributed by atoms with Crippen molar-refractivity contribution < 1.29 is 18.7 Å². The summed E-state index contributed by atoms with van der Waals surface area (Å²) < 4.78 is 17.8. The third-order valence-electron chi connectivity index (χ3n) is 3.98. The predicted molar refractivity (Wildman–Crippen MR) is 98.4 cm³/mol. The topological polar surface area (TPSA) is 67.4 Å². The molecule has 0 fully saturated rings. The quantitative estimate of drug-likeness (QED) is 0.743. The van der Waals surface area contributed by atoms with Crippen LogP contribution < -0.4 is 10.6 Å². The first-order valence-corrected chi connectivity index (χ1v) is 8.38. The zero-order valence-corrected chi connectivity index (χ0v) is 15.1. The molecule has 2 rings (SSSR count). The predicted octanol–water partition coefficient (Wildman–Crippen LogP) is 3.54. The maximum atomic E-state index is 13.1.